The maximum absolute atomic E-state index is 13.5. The molecule has 4 aliphatic rings. The highest BCUT2D eigenvalue weighted by Gasteiger charge is 2.59. The molecule has 0 aliphatic heterocycles. The van der Waals surface area contributed by atoms with Crippen LogP contribution in [0.25, 0.3) is 0 Å². The van der Waals surface area contributed by atoms with Crippen molar-refractivity contribution < 1.29 is 21.0 Å². The lowest BCUT2D eigenvalue weighted by Gasteiger charge is -2.58. The molecular weight excluding hydrogens is 566 g/mol. The Hall–Kier alpha value is -1.07. The molecule has 4 rings (SSSR count). The van der Waals surface area contributed by atoms with Crippen LogP contribution in [0.2, 0.25) is 0 Å². The van der Waals surface area contributed by atoms with Crippen molar-refractivity contribution in [3.8, 4) is 0 Å². The van der Waals surface area contributed by atoms with Crippen molar-refractivity contribution in [1.82, 2.24) is 4.90 Å². The number of quaternary nitrogens is 2. The van der Waals surface area contributed by atoms with E-state index in [1.807, 2.05) is 4.90 Å². The van der Waals surface area contributed by atoms with Crippen LogP contribution in [0.4, 0.5) is 4.79 Å². The largest absolute Gasteiger partial charge is 0.446 e. The molecule has 0 radical (unpaired) electrons. The predicted octanol–water partition coefficient (Wildman–Crippen LogP) is 8.83. The van der Waals surface area contributed by atoms with Crippen LogP contribution in [-0.4, -0.2) is 43.3 Å². The number of ether oxygens (including phenoxy) is 1. The molecule has 3 fully saturated rings. The number of nitrogens with zero attached hydrogens (tertiary/aromatic N) is 1. The van der Waals surface area contributed by atoms with Crippen LogP contribution in [-0.2, 0) is 4.74 Å². The summed E-state index contributed by atoms with van der Waals surface area (Å²) in [6, 6.07) is 0. The van der Waals surface area contributed by atoms with Crippen molar-refractivity contribution in [2.45, 2.75) is 169 Å². The standard InChI is InChI=1S/C41H75N3O2/c1-31(2)16-14-17-32(3)36-20-21-37-35-19-18-33-30-34(22-24-40(33,4)38(35)23-25-41(36,37)5)46-39(45)44(29-15-27-43)28-13-11-9-7-6-8-10-12-26-42/h18,31-32,34-38H,6-17,19-30,42-43H2,1-5H3/p+2/t32-,34+,35+,36-,37+,38+,40+,41-/m1/s1. The Morgan fingerprint density at radius 3 is 2.20 bits per heavy atom. The summed E-state index contributed by atoms with van der Waals surface area (Å²) in [5.41, 5.74) is 10.4. The van der Waals surface area contributed by atoms with E-state index in [0.717, 1.165) is 87.4 Å². The lowest BCUT2D eigenvalue weighted by Crippen LogP contribution is -2.52. The van der Waals surface area contributed by atoms with E-state index in [1.165, 1.54) is 103 Å². The summed E-state index contributed by atoms with van der Waals surface area (Å²) in [6.45, 7) is 16.2. The summed E-state index contributed by atoms with van der Waals surface area (Å²) in [6.07, 6.45) is 28.1. The van der Waals surface area contributed by atoms with Crippen LogP contribution in [0, 0.1) is 46.3 Å². The molecule has 1 amide bonds. The zero-order chi connectivity index (χ0) is 33.2. The predicted molar refractivity (Wildman–Crippen MR) is 192 cm³/mol. The Labute approximate surface area is 284 Å². The van der Waals surface area contributed by atoms with Gasteiger partial charge < -0.3 is 21.1 Å². The summed E-state index contributed by atoms with van der Waals surface area (Å²) in [7, 11) is 0. The summed E-state index contributed by atoms with van der Waals surface area (Å²) < 4.78 is 6.31. The highest BCUT2D eigenvalue weighted by molar-refractivity contribution is 5.67. The lowest BCUT2D eigenvalue weighted by atomic mass is 9.47. The fourth-order valence-corrected chi connectivity index (χ4v) is 11.1. The number of amides is 1. The maximum atomic E-state index is 13.5. The molecule has 0 unspecified atom stereocenters. The third-order valence-electron chi connectivity index (χ3n) is 13.9. The molecule has 0 heterocycles. The van der Waals surface area contributed by atoms with Gasteiger partial charge in [-0.05, 0) is 111 Å². The van der Waals surface area contributed by atoms with E-state index in [0.29, 0.717) is 10.8 Å². The second-order valence-electron chi connectivity index (χ2n) is 17.4. The van der Waals surface area contributed by atoms with Crippen LogP contribution in [0.3, 0.4) is 0 Å². The van der Waals surface area contributed by atoms with Gasteiger partial charge in [0, 0.05) is 25.9 Å². The van der Waals surface area contributed by atoms with Crippen LogP contribution in [0.1, 0.15) is 163 Å². The zero-order valence-corrected chi connectivity index (χ0v) is 31.3. The van der Waals surface area contributed by atoms with E-state index in [4.69, 9.17) is 4.74 Å². The third-order valence-corrected chi connectivity index (χ3v) is 13.9. The monoisotopic (exact) mass is 644 g/mol. The second-order valence-corrected chi connectivity index (χ2v) is 17.4. The smallest absolute Gasteiger partial charge is 0.410 e. The van der Waals surface area contributed by atoms with Gasteiger partial charge in [-0.3, -0.25) is 0 Å². The molecule has 4 aliphatic carbocycles. The van der Waals surface area contributed by atoms with Gasteiger partial charge in [0.15, 0.2) is 0 Å². The Balaban J connectivity index is 1.28. The van der Waals surface area contributed by atoms with Gasteiger partial charge in [0.05, 0.1) is 13.1 Å². The number of rotatable bonds is 19. The Morgan fingerprint density at radius 1 is 0.826 bits per heavy atom. The summed E-state index contributed by atoms with van der Waals surface area (Å²) >= 11 is 0. The van der Waals surface area contributed by atoms with Crippen molar-refractivity contribution >= 4 is 6.09 Å². The molecule has 0 spiro atoms. The number of carbonyl (C=O) groups is 1. The average Bonchev–Trinajstić information content (AvgIpc) is 3.39. The van der Waals surface area contributed by atoms with Crippen LogP contribution in [0.15, 0.2) is 11.6 Å². The first-order chi connectivity index (χ1) is 22.1. The summed E-state index contributed by atoms with van der Waals surface area (Å²) in [4.78, 5) is 15.5. The number of allylic oxidation sites excluding steroid dienone is 1. The van der Waals surface area contributed by atoms with Gasteiger partial charge in [-0.15, -0.1) is 0 Å². The number of unbranched alkanes of at least 4 members (excludes halogenated alkanes) is 7. The molecule has 3 saturated carbocycles. The Kier molecular flexibility index (Phi) is 14.8. The Bertz CT molecular complexity index is 950. The first-order valence-corrected chi connectivity index (χ1v) is 20.4. The van der Waals surface area contributed by atoms with Crippen molar-refractivity contribution in [2.24, 2.45) is 46.3 Å². The molecule has 0 saturated heterocycles. The van der Waals surface area contributed by atoms with Gasteiger partial charge in [0.1, 0.15) is 6.10 Å². The van der Waals surface area contributed by atoms with Crippen molar-refractivity contribution in [3.63, 3.8) is 0 Å². The quantitative estimate of drug-likeness (QED) is 0.109. The van der Waals surface area contributed by atoms with Gasteiger partial charge in [0.25, 0.3) is 0 Å². The first-order valence-electron chi connectivity index (χ1n) is 20.4. The van der Waals surface area contributed by atoms with Crippen LogP contribution >= 0.6 is 0 Å². The highest BCUT2D eigenvalue weighted by Crippen LogP contribution is 2.67. The molecule has 0 aromatic rings. The average molecular weight is 644 g/mol. The number of carbonyl (C=O) groups excluding carboxylic acids is 1. The fraction of sp³-hybridized carbons (Fsp3) is 0.927. The topological polar surface area (TPSA) is 84.8 Å². The van der Waals surface area contributed by atoms with E-state index in [-0.39, 0.29) is 12.2 Å². The molecule has 8 atom stereocenters. The van der Waals surface area contributed by atoms with Gasteiger partial charge in [-0.1, -0.05) is 97.6 Å². The van der Waals surface area contributed by atoms with Gasteiger partial charge in [0.2, 0.25) is 0 Å². The molecule has 5 nitrogen and oxygen atoms in total. The summed E-state index contributed by atoms with van der Waals surface area (Å²) in [5, 5.41) is 0. The minimum atomic E-state index is -0.0718. The third kappa shape index (κ3) is 9.33. The lowest BCUT2D eigenvalue weighted by molar-refractivity contribution is -0.368. The molecule has 6 N–H and O–H groups in total. The zero-order valence-electron chi connectivity index (χ0n) is 31.3. The minimum Gasteiger partial charge on any atom is -0.446 e. The van der Waals surface area contributed by atoms with E-state index in [9.17, 15) is 4.79 Å². The normalized spacial score (nSPS) is 32.8. The molecule has 0 aromatic heterocycles. The Morgan fingerprint density at radius 2 is 1.50 bits per heavy atom. The maximum Gasteiger partial charge on any atom is 0.410 e. The highest BCUT2D eigenvalue weighted by atomic mass is 16.6. The number of hydrogen-bond donors (Lipinski definition) is 2. The van der Waals surface area contributed by atoms with Crippen molar-refractivity contribution in [3.05, 3.63) is 11.6 Å². The molecule has 5 heteroatoms. The van der Waals surface area contributed by atoms with Crippen molar-refractivity contribution in [2.75, 3.05) is 26.2 Å². The van der Waals surface area contributed by atoms with E-state index in [2.05, 4.69) is 52.2 Å². The van der Waals surface area contributed by atoms with E-state index in [1.54, 1.807) is 5.57 Å². The van der Waals surface area contributed by atoms with Crippen LogP contribution in [0.5, 0.6) is 0 Å². The van der Waals surface area contributed by atoms with E-state index >= 15 is 0 Å². The molecule has 46 heavy (non-hydrogen) atoms. The molecule has 266 valence electrons. The second kappa shape index (κ2) is 18.1. The van der Waals surface area contributed by atoms with Gasteiger partial charge >= 0.3 is 6.09 Å². The van der Waals surface area contributed by atoms with E-state index < -0.39 is 0 Å². The SMILES string of the molecule is CC(C)CCC[C@@H](C)[C@H]1CC[C@H]2[C@@H]3CC=C4C[C@@H](OC(=O)N(CCC[NH3+])CCCCCCCCCC[NH3+])CC[C@]4(C)[C@H]3CC[C@]12C. The van der Waals surface area contributed by atoms with Gasteiger partial charge in [-0.2, -0.15) is 0 Å². The summed E-state index contributed by atoms with van der Waals surface area (Å²) in [5.74, 6) is 5.18. The first kappa shape index (κ1) is 37.7. The molecule has 0 bridgehead atoms. The number of fused-ring (bicyclic) bond motifs is 5. The van der Waals surface area contributed by atoms with Gasteiger partial charge in [-0.25, -0.2) is 4.79 Å². The molecule has 0 aromatic carbocycles. The minimum absolute atomic E-state index is 0.0420. The van der Waals surface area contributed by atoms with Crippen LogP contribution < -0.4 is 11.5 Å². The fourth-order valence-electron chi connectivity index (χ4n) is 11.1. The van der Waals surface area contributed by atoms with Crippen molar-refractivity contribution in [1.29, 1.82) is 0 Å². The molecular formula is C41H77N3O2+2. The number of hydrogen-bond acceptors (Lipinski definition) is 2.